The molecule has 0 N–H and O–H groups in total. The quantitative estimate of drug-likeness (QED) is 0.619. The zero-order valence-corrected chi connectivity index (χ0v) is 13.6. The van der Waals surface area contributed by atoms with Gasteiger partial charge in [0.15, 0.2) is 11.7 Å². The van der Waals surface area contributed by atoms with Crippen molar-refractivity contribution in [2.45, 2.75) is 37.6 Å². The maximum atomic E-state index is 13.5. The number of benzene rings is 1. The van der Waals surface area contributed by atoms with Gasteiger partial charge in [-0.05, 0) is 13.0 Å². The average Bonchev–Trinajstić information content (AvgIpc) is 2.79. The molecule has 0 saturated carbocycles. The zero-order valence-electron chi connectivity index (χ0n) is 13.6. The molecule has 1 heterocycles. The van der Waals surface area contributed by atoms with E-state index in [1.54, 1.807) is 0 Å². The summed E-state index contributed by atoms with van der Waals surface area (Å²) in [5.41, 5.74) is -2.29. The Hall–Kier alpha value is -1.83. The number of esters is 1. The highest BCUT2D eigenvalue weighted by atomic mass is 19.4. The lowest BCUT2D eigenvalue weighted by atomic mass is 9.77. The molecule has 0 spiro atoms. The number of hydrogen-bond donors (Lipinski definition) is 0. The molecule has 24 heavy (non-hydrogen) atoms. The largest absolute Gasteiger partial charge is 0.496 e. The van der Waals surface area contributed by atoms with Crippen molar-refractivity contribution >= 4 is 5.97 Å². The van der Waals surface area contributed by atoms with Crippen LogP contribution in [-0.4, -0.2) is 38.1 Å². The molecule has 0 unspecified atom stereocenters. The Labute approximate surface area is 136 Å². The Bertz CT molecular complexity index is 631. The third-order valence-electron chi connectivity index (χ3n) is 4.66. The Balaban J connectivity index is 2.58. The van der Waals surface area contributed by atoms with E-state index in [9.17, 15) is 22.4 Å². The van der Waals surface area contributed by atoms with E-state index in [1.807, 2.05) is 0 Å². The van der Waals surface area contributed by atoms with Gasteiger partial charge >= 0.3 is 12.1 Å². The Morgan fingerprint density at radius 2 is 1.92 bits per heavy atom. The van der Waals surface area contributed by atoms with Gasteiger partial charge < -0.3 is 14.2 Å². The van der Waals surface area contributed by atoms with E-state index in [0.717, 1.165) is 26.2 Å². The van der Waals surface area contributed by atoms with E-state index in [0.29, 0.717) is 0 Å². The van der Waals surface area contributed by atoms with Crippen molar-refractivity contribution in [3.8, 4) is 5.75 Å². The maximum absolute atomic E-state index is 13.5. The lowest BCUT2D eigenvalue weighted by molar-refractivity contribution is -0.274. The highest BCUT2D eigenvalue weighted by Gasteiger charge is 2.66. The molecule has 4 nitrogen and oxygen atoms in total. The van der Waals surface area contributed by atoms with Gasteiger partial charge in [0.1, 0.15) is 11.6 Å². The fourth-order valence-electron chi connectivity index (χ4n) is 3.08. The molecular formula is C16H18F4O4. The molecule has 134 valence electrons. The fourth-order valence-corrected chi connectivity index (χ4v) is 3.08. The van der Waals surface area contributed by atoms with Gasteiger partial charge in [0.05, 0.1) is 14.2 Å². The van der Waals surface area contributed by atoms with Crippen LogP contribution in [0.4, 0.5) is 17.6 Å². The lowest BCUT2D eigenvalue weighted by Crippen LogP contribution is -2.47. The minimum Gasteiger partial charge on any atom is -0.496 e. The number of hydrogen-bond acceptors (Lipinski definition) is 4. The summed E-state index contributed by atoms with van der Waals surface area (Å²) in [6, 6.07) is 3.46. The Kier molecular flexibility index (Phi) is 4.81. The van der Waals surface area contributed by atoms with Crippen LogP contribution in [-0.2, 0) is 14.3 Å². The summed E-state index contributed by atoms with van der Waals surface area (Å²) in [6.07, 6.45) is -6.17. The van der Waals surface area contributed by atoms with Crippen LogP contribution in [0.1, 0.15) is 25.3 Å². The van der Waals surface area contributed by atoms with Crippen LogP contribution in [0.25, 0.3) is 0 Å². The van der Waals surface area contributed by atoms with Gasteiger partial charge in [-0.25, -0.2) is 9.18 Å². The van der Waals surface area contributed by atoms with Crippen molar-refractivity contribution in [3.05, 3.63) is 29.6 Å². The molecule has 1 saturated heterocycles. The first-order valence-electron chi connectivity index (χ1n) is 7.22. The Morgan fingerprint density at radius 3 is 2.42 bits per heavy atom. The highest BCUT2D eigenvalue weighted by Crippen LogP contribution is 2.54. The molecule has 8 heteroatoms. The summed E-state index contributed by atoms with van der Waals surface area (Å²) in [6.45, 7) is 2.23. The smallest absolute Gasteiger partial charge is 0.417 e. The first-order valence-corrected chi connectivity index (χ1v) is 7.22. The number of carbonyl (C=O) groups is 1. The zero-order chi connectivity index (χ0) is 18.3. The maximum Gasteiger partial charge on any atom is 0.417 e. The van der Waals surface area contributed by atoms with Crippen molar-refractivity contribution < 1.29 is 36.6 Å². The minimum atomic E-state index is -4.69. The number of halogens is 4. The molecule has 0 radical (unpaired) electrons. The molecule has 1 aromatic rings. The molecule has 1 aromatic carbocycles. The van der Waals surface area contributed by atoms with Gasteiger partial charge in [-0.1, -0.05) is 13.0 Å². The van der Waals surface area contributed by atoms with Gasteiger partial charge in [-0.15, -0.1) is 0 Å². The van der Waals surface area contributed by atoms with E-state index in [-0.39, 0.29) is 11.3 Å². The monoisotopic (exact) mass is 350 g/mol. The molecule has 1 aliphatic heterocycles. The summed E-state index contributed by atoms with van der Waals surface area (Å²) in [5.74, 6) is -3.60. The first kappa shape index (κ1) is 18.5. The molecule has 2 rings (SSSR count). The minimum absolute atomic E-state index is 0.0516. The number of alkyl halides is 3. The van der Waals surface area contributed by atoms with Crippen molar-refractivity contribution in [2.24, 2.45) is 5.92 Å². The third-order valence-corrected chi connectivity index (χ3v) is 4.66. The van der Waals surface area contributed by atoms with E-state index >= 15 is 0 Å². The summed E-state index contributed by atoms with van der Waals surface area (Å²) >= 11 is 0. The van der Waals surface area contributed by atoms with Crippen molar-refractivity contribution in [1.29, 1.82) is 0 Å². The van der Waals surface area contributed by atoms with Crippen molar-refractivity contribution in [3.63, 3.8) is 0 Å². The number of rotatable bonds is 3. The van der Waals surface area contributed by atoms with Gasteiger partial charge in [0, 0.05) is 23.5 Å². The normalized spacial score (nSPS) is 30.2. The SMILES string of the molecule is COC(=O)[C@H]1O[C@@](C)(C(F)(F)F)[C@@H](C)[C@H]1c1ccc(F)cc1OC. The van der Waals surface area contributed by atoms with Crippen LogP contribution in [0.5, 0.6) is 5.75 Å². The highest BCUT2D eigenvalue weighted by molar-refractivity contribution is 5.77. The van der Waals surface area contributed by atoms with Crippen LogP contribution < -0.4 is 4.74 Å². The van der Waals surface area contributed by atoms with Crippen molar-refractivity contribution in [1.82, 2.24) is 0 Å². The van der Waals surface area contributed by atoms with E-state index in [2.05, 4.69) is 4.74 Å². The molecule has 0 amide bonds. The fraction of sp³-hybridized carbons (Fsp3) is 0.562. The number of ether oxygens (including phenoxy) is 3. The molecule has 0 bridgehead atoms. The Morgan fingerprint density at radius 1 is 1.29 bits per heavy atom. The predicted molar refractivity (Wildman–Crippen MR) is 76.2 cm³/mol. The molecule has 0 aliphatic carbocycles. The predicted octanol–water partition coefficient (Wildman–Crippen LogP) is 3.45. The summed E-state index contributed by atoms with van der Waals surface area (Å²) in [4.78, 5) is 12.0. The second-order valence-electron chi connectivity index (χ2n) is 5.87. The summed E-state index contributed by atoms with van der Waals surface area (Å²) < 4.78 is 68.7. The van der Waals surface area contributed by atoms with Crippen LogP contribution in [0.15, 0.2) is 18.2 Å². The van der Waals surface area contributed by atoms with Gasteiger partial charge in [-0.3, -0.25) is 0 Å². The molecular weight excluding hydrogens is 332 g/mol. The van der Waals surface area contributed by atoms with E-state index < -0.39 is 41.5 Å². The first-order chi connectivity index (χ1) is 11.1. The van der Waals surface area contributed by atoms with Crippen LogP contribution >= 0.6 is 0 Å². The van der Waals surface area contributed by atoms with Crippen LogP contribution in [0.3, 0.4) is 0 Å². The van der Waals surface area contributed by atoms with Crippen molar-refractivity contribution in [2.75, 3.05) is 14.2 Å². The van der Waals surface area contributed by atoms with Crippen LogP contribution in [0.2, 0.25) is 0 Å². The molecule has 0 aromatic heterocycles. The number of carbonyl (C=O) groups excluding carboxylic acids is 1. The molecule has 4 atom stereocenters. The topological polar surface area (TPSA) is 44.8 Å². The third kappa shape index (κ3) is 2.83. The van der Waals surface area contributed by atoms with Gasteiger partial charge in [0.25, 0.3) is 0 Å². The molecule has 1 fully saturated rings. The second-order valence-corrected chi connectivity index (χ2v) is 5.87. The van der Waals surface area contributed by atoms with Crippen LogP contribution in [0, 0.1) is 11.7 Å². The van der Waals surface area contributed by atoms with E-state index in [4.69, 9.17) is 9.47 Å². The number of methoxy groups -OCH3 is 2. The standard InChI is InChI=1S/C16H18F4O4/c1-8-12(10-6-5-9(17)7-11(10)22-3)13(14(21)23-4)24-15(8,2)16(18,19)20/h5-8,12-13H,1-4H3/t8-,12-,13-,15+/m0/s1. The summed E-state index contributed by atoms with van der Waals surface area (Å²) in [5, 5.41) is 0. The lowest BCUT2D eigenvalue weighted by Gasteiger charge is -2.31. The van der Waals surface area contributed by atoms with Gasteiger partial charge in [0.2, 0.25) is 0 Å². The van der Waals surface area contributed by atoms with E-state index in [1.165, 1.54) is 20.1 Å². The molecule has 1 aliphatic rings. The second kappa shape index (κ2) is 6.23. The van der Waals surface area contributed by atoms with Gasteiger partial charge in [-0.2, -0.15) is 13.2 Å². The summed E-state index contributed by atoms with van der Waals surface area (Å²) in [7, 11) is 2.34. The average molecular weight is 350 g/mol.